The number of aryl methyl sites for hydroxylation is 1. The quantitative estimate of drug-likeness (QED) is 0.789. The normalized spacial score (nSPS) is 10.3. The number of aromatic amines is 1. The summed E-state index contributed by atoms with van der Waals surface area (Å²) in [6.07, 6.45) is 0. The topological polar surface area (TPSA) is 82.2 Å². The molecule has 2 aromatic rings. The van der Waals surface area contributed by atoms with Crippen LogP contribution in [0.4, 0.5) is 5.69 Å². The number of anilines is 1. The molecule has 0 amide bonds. The van der Waals surface area contributed by atoms with Crippen molar-refractivity contribution in [3.63, 3.8) is 0 Å². The van der Waals surface area contributed by atoms with Crippen molar-refractivity contribution >= 4 is 23.0 Å². The molecule has 0 saturated heterocycles. The minimum atomic E-state index is -0.929. The van der Waals surface area contributed by atoms with E-state index in [2.05, 4.69) is 10.3 Å². The Morgan fingerprint density at radius 2 is 2.28 bits per heavy atom. The van der Waals surface area contributed by atoms with Gasteiger partial charge < -0.3 is 15.4 Å². The Morgan fingerprint density at radius 3 is 2.83 bits per heavy atom. The van der Waals surface area contributed by atoms with Gasteiger partial charge in [-0.15, -0.1) is 0 Å². The Bertz CT molecular complexity index is 630. The molecule has 0 atom stereocenters. The first-order valence-electron chi connectivity index (χ1n) is 5.31. The Hall–Kier alpha value is -2.08. The Morgan fingerprint density at radius 1 is 1.50 bits per heavy atom. The molecule has 0 bridgehead atoms. The predicted molar refractivity (Wildman–Crippen MR) is 70.4 cm³/mol. The second-order valence-electron chi connectivity index (χ2n) is 3.86. The summed E-state index contributed by atoms with van der Waals surface area (Å²) in [5.41, 5.74) is 2.63. The van der Waals surface area contributed by atoms with Gasteiger partial charge in [-0.05, 0) is 30.7 Å². The summed E-state index contributed by atoms with van der Waals surface area (Å²) in [5.74, 6) is -0.929. The average Bonchev–Trinajstić information content (AvgIpc) is 2.72. The molecule has 94 valence electrons. The van der Waals surface area contributed by atoms with Crippen molar-refractivity contribution in [1.82, 2.24) is 4.98 Å². The van der Waals surface area contributed by atoms with E-state index in [0.29, 0.717) is 17.7 Å². The standard InChI is InChI=1S/C12H12N2O3S/c1-7-4-8(2-3-10(7)11(15)16)13-5-9-6-18-12(17)14-9/h2-4,6,13H,5H2,1H3,(H,14,17)(H,15,16). The molecule has 1 aromatic carbocycles. The van der Waals surface area contributed by atoms with Crippen molar-refractivity contribution in [2.24, 2.45) is 0 Å². The minimum absolute atomic E-state index is 0.0794. The maximum Gasteiger partial charge on any atom is 0.335 e. The number of nitrogens with one attached hydrogen (secondary N) is 2. The Labute approximate surface area is 107 Å². The molecular weight excluding hydrogens is 252 g/mol. The first-order valence-corrected chi connectivity index (χ1v) is 6.19. The Kier molecular flexibility index (Phi) is 3.47. The monoisotopic (exact) mass is 264 g/mol. The van der Waals surface area contributed by atoms with Gasteiger partial charge in [0, 0.05) is 16.8 Å². The number of carboxylic acids is 1. The third-order valence-corrected chi connectivity index (χ3v) is 3.23. The summed E-state index contributed by atoms with van der Waals surface area (Å²) >= 11 is 1.12. The molecule has 2 rings (SSSR count). The van der Waals surface area contributed by atoms with Gasteiger partial charge in [0.1, 0.15) is 0 Å². The van der Waals surface area contributed by atoms with Crippen molar-refractivity contribution in [2.45, 2.75) is 13.5 Å². The molecular formula is C12H12N2O3S. The van der Waals surface area contributed by atoms with Crippen LogP contribution in [-0.2, 0) is 6.54 Å². The Balaban J connectivity index is 2.08. The van der Waals surface area contributed by atoms with Crippen molar-refractivity contribution in [3.8, 4) is 0 Å². The van der Waals surface area contributed by atoms with Crippen LogP contribution in [0.5, 0.6) is 0 Å². The molecule has 5 nitrogen and oxygen atoms in total. The van der Waals surface area contributed by atoms with Crippen molar-refractivity contribution in [1.29, 1.82) is 0 Å². The lowest BCUT2D eigenvalue weighted by Crippen LogP contribution is -2.04. The van der Waals surface area contributed by atoms with E-state index in [4.69, 9.17) is 5.11 Å². The fraction of sp³-hybridized carbons (Fsp3) is 0.167. The largest absolute Gasteiger partial charge is 0.478 e. The number of rotatable bonds is 4. The lowest BCUT2D eigenvalue weighted by molar-refractivity contribution is 0.0696. The van der Waals surface area contributed by atoms with Crippen LogP contribution >= 0.6 is 11.3 Å². The summed E-state index contributed by atoms with van der Waals surface area (Å²) in [5, 5.41) is 13.8. The maximum atomic E-state index is 10.9. The molecule has 0 aliphatic carbocycles. The summed E-state index contributed by atoms with van der Waals surface area (Å²) in [6.45, 7) is 2.26. The van der Waals surface area contributed by atoms with E-state index >= 15 is 0 Å². The summed E-state index contributed by atoms with van der Waals surface area (Å²) in [7, 11) is 0. The van der Waals surface area contributed by atoms with Gasteiger partial charge in [-0.25, -0.2) is 4.79 Å². The molecule has 0 fully saturated rings. The van der Waals surface area contributed by atoms with E-state index in [9.17, 15) is 9.59 Å². The molecule has 0 aliphatic heterocycles. The molecule has 1 heterocycles. The summed E-state index contributed by atoms with van der Waals surface area (Å²) < 4.78 is 0. The van der Waals surface area contributed by atoms with Crippen LogP contribution in [0.2, 0.25) is 0 Å². The van der Waals surface area contributed by atoms with Crippen LogP contribution in [0.3, 0.4) is 0 Å². The zero-order valence-electron chi connectivity index (χ0n) is 9.69. The number of hydrogen-bond donors (Lipinski definition) is 3. The maximum absolute atomic E-state index is 10.9. The highest BCUT2D eigenvalue weighted by Crippen LogP contribution is 2.15. The second kappa shape index (κ2) is 5.05. The highest BCUT2D eigenvalue weighted by atomic mass is 32.1. The van der Waals surface area contributed by atoms with Gasteiger partial charge in [-0.1, -0.05) is 11.3 Å². The number of thiazole rings is 1. The van der Waals surface area contributed by atoms with Crippen LogP contribution < -0.4 is 10.2 Å². The van der Waals surface area contributed by atoms with Crippen LogP contribution in [0.1, 0.15) is 21.6 Å². The number of H-pyrrole nitrogens is 1. The van der Waals surface area contributed by atoms with Crippen LogP contribution in [0.25, 0.3) is 0 Å². The highest BCUT2D eigenvalue weighted by Gasteiger charge is 2.07. The molecule has 0 saturated carbocycles. The zero-order valence-corrected chi connectivity index (χ0v) is 10.5. The minimum Gasteiger partial charge on any atom is -0.478 e. The highest BCUT2D eigenvalue weighted by molar-refractivity contribution is 7.07. The fourth-order valence-corrected chi connectivity index (χ4v) is 2.19. The molecule has 0 aliphatic rings. The molecule has 3 N–H and O–H groups in total. The molecule has 0 unspecified atom stereocenters. The predicted octanol–water partition coefficient (Wildman–Crippen LogP) is 2.06. The van der Waals surface area contributed by atoms with Gasteiger partial charge >= 0.3 is 10.8 Å². The van der Waals surface area contributed by atoms with Gasteiger partial charge in [0.25, 0.3) is 0 Å². The van der Waals surface area contributed by atoms with E-state index in [-0.39, 0.29) is 4.87 Å². The SMILES string of the molecule is Cc1cc(NCc2csc(=O)[nH]2)ccc1C(=O)O. The molecule has 0 radical (unpaired) electrons. The van der Waals surface area contributed by atoms with Crippen LogP contribution in [0.15, 0.2) is 28.4 Å². The van der Waals surface area contributed by atoms with Crippen molar-refractivity contribution < 1.29 is 9.90 Å². The summed E-state index contributed by atoms with van der Waals surface area (Å²) in [6, 6.07) is 5.05. The second-order valence-corrected chi connectivity index (χ2v) is 4.70. The van der Waals surface area contributed by atoms with Crippen molar-refractivity contribution in [3.05, 3.63) is 50.1 Å². The van der Waals surface area contributed by atoms with Crippen LogP contribution in [-0.4, -0.2) is 16.1 Å². The first kappa shape index (κ1) is 12.4. The van der Waals surface area contributed by atoms with Gasteiger partial charge in [-0.3, -0.25) is 4.79 Å². The van der Waals surface area contributed by atoms with E-state index < -0.39 is 5.97 Å². The average molecular weight is 264 g/mol. The lowest BCUT2D eigenvalue weighted by atomic mass is 10.1. The van der Waals surface area contributed by atoms with E-state index in [1.54, 1.807) is 30.5 Å². The molecule has 1 aromatic heterocycles. The van der Waals surface area contributed by atoms with Gasteiger partial charge in [0.05, 0.1) is 12.1 Å². The molecule has 6 heteroatoms. The molecule has 0 spiro atoms. The van der Waals surface area contributed by atoms with Crippen LogP contribution in [0, 0.1) is 6.92 Å². The third-order valence-electron chi connectivity index (χ3n) is 2.51. The van der Waals surface area contributed by atoms with E-state index in [0.717, 1.165) is 22.7 Å². The zero-order chi connectivity index (χ0) is 13.1. The van der Waals surface area contributed by atoms with Gasteiger partial charge in [0.15, 0.2) is 0 Å². The number of hydrogen-bond acceptors (Lipinski definition) is 4. The number of carbonyl (C=O) groups is 1. The number of benzene rings is 1. The lowest BCUT2D eigenvalue weighted by Gasteiger charge is -2.07. The number of aromatic nitrogens is 1. The first-order chi connectivity index (χ1) is 8.56. The van der Waals surface area contributed by atoms with E-state index in [1.165, 1.54) is 0 Å². The number of carboxylic acid groups (broad SMARTS) is 1. The van der Waals surface area contributed by atoms with Gasteiger partial charge in [0.2, 0.25) is 0 Å². The van der Waals surface area contributed by atoms with E-state index in [1.807, 2.05) is 0 Å². The number of aromatic carboxylic acids is 1. The fourth-order valence-electron chi connectivity index (χ4n) is 1.61. The molecule has 18 heavy (non-hydrogen) atoms. The van der Waals surface area contributed by atoms with Crippen molar-refractivity contribution in [2.75, 3.05) is 5.32 Å². The summed E-state index contributed by atoms with van der Waals surface area (Å²) in [4.78, 5) is 24.4. The smallest absolute Gasteiger partial charge is 0.335 e. The van der Waals surface area contributed by atoms with Gasteiger partial charge in [-0.2, -0.15) is 0 Å². The third kappa shape index (κ3) is 2.78.